The van der Waals surface area contributed by atoms with Crippen LogP contribution in [0.1, 0.15) is 140 Å². The van der Waals surface area contributed by atoms with E-state index in [1.54, 1.807) is 68.4 Å². The minimum absolute atomic E-state index is 0.125. The van der Waals surface area contributed by atoms with E-state index in [0.717, 1.165) is 42.0 Å². The molecule has 0 aliphatic heterocycles. The van der Waals surface area contributed by atoms with Gasteiger partial charge in [0, 0.05) is 82.2 Å². The summed E-state index contributed by atoms with van der Waals surface area (Å²) in [4.78, 5) is 25.7. The van der Waals surface area contributed by atoms with Gasteiger partial charge in [0.1, 0.15) is 29.0 Å². The summed E-state index contributed by atoms with van der Waals surface area (Å²) in [5.74, 6) is 6.32. The number of aliphatic imine (C=N–C) groups is 1. The average Bonchev–Trinajstić information content (AvgIpc) is 3.60. The summed E-state index contributed by atoms with van der Waals surface area (Å²) in [6.45, 7) is 34.5. The summed E-state index contributed by atoms with van der Waals surface area (Å²) in [7, 11) is 1.61. The summed E-state index contributed by atoms with van der Waals surface area (Å²) < 4.78 is 10.8. The number of aromatic nitrogens is 5. The van der Waals surface area contributed by atoms with Crippen LogP contribution >= 0.6 is 35.3 Å². The van der Waals surface area contributed by atoms with Crippen LogP contribution in [0.5, 0.6) is 5.75 Å². The summed E-state index contributed by atoms with van der Waals surface area (Å²) in [6, 6.07) is 27.2. The molecule has 0 fully saturated rings. The number of benzene rings is 1. The molecule has 5 aromatic heterocycles. The van der Waals surface area contributed by atoms with Gasteiger partial charge < -0.3 is 49.6 Å². The first-order valence-corrected chi connectivity index (χ1v) is 32.2. The SMILES string of the molecule is CC(C)C/C=N/NC(=N)N.CC(C)Cc1ccnc(N)c1.CC(C)OCc1ccnc(N)c1.CC(C)Oc1cccnc1.CC(C)SCc1ccnc(N)c1.CC(C)Sc1cccc(N)c1.CC(C)Sc1ccnc(N)c1.CN=C(N)N/N=C/CC(C)C. The highest BCUT2D eigenvalue weighted by Gasteiger charge is 2.02. The van der Waals surface area contributed by atoms with Crippen LogP contribution < -0.4 is 55.7 Å². The maximum atomic E-state index is 6.73. The van der Waals surface area contributed by atoms with Crippen LogP contribution in [-0.2, 0) is 23.5 Å². The first-order chi connectivity index (χ1) is 41.5. The Morgan fingerprint density at radius 1 is 0.545 bits per heavy atom. The Kier molecular flexibility index (Phi) is 48.6. The van der Waals surface area contributed by atoms with Crippen molar-refractivity contribution < 1.29 is 9.47 Å². The summed E-state index contributed by atoms with van der Waals surface area (Å²) >= 11 is 5.53. The van der Waals surface area contributed by atoms with Crippen molar-refractivity contribution in [3.63, 3.8) is 0 Å². The van der Waals surface area contributed by atoms with E-state index in [2.05, 4.69) is 140 Å². The van der Waals surface area contributed by atoms with Gasteiger partial charge in [0.15, 0.2) is 0 Å². The molecule has 6 rings (SSSR count). The van der Waals surface area contributed by atoms with Gasteiger partial charge in [-0.25, -0.2) is 30.8 Å². The Bertz CT molecular complexity index is 2610. The quantitative estimate of drug-likeness (QED) is 0.0112. The molecule has 0 saturated carbocycles. The summed E-state index contributed by atoms with van der Waals surface area (Å²) in [5.41, 5.74) is 47.3. The van der Waals surface area contributed by atoms with Crippen LogP contribution in [0, 0.1) is 23.2 Å². The number of nitrogens with one attached hydrogen (secondary N) is 3. The third kappa shape index (κ3) is 55.3. The molecule has 5 heterocycles. The molecule has 88 heavy (non-hydrogen) atoms. The van der Waals surface area contributed by atoms with Gasteiger partial charge in [-0.1, -0.05) is 89.2 Å². The Balaban J connectivity index is 0. The Morgan fingerprint density at radius 3 is 1.47 bits per heavy atom. The number of hydrogen-bond acceptors (Lipinski definition) is 19. The number of rotatable bonds is 20. The maximum absolute atomic E-state index is 6.73. The highest BCUT2D eigenvalue weighted by atomic mass is 32.2. The van der Waals surface area contributed by atoms with Crippen molar-refractivity contribution in [3.05, 3.63) is 139 Å². The molecule has 0 aliphatic carbocycles. The molecule has 17 N–H and O–H groups in total. The number of nitrogens with zero attached hydrogens (tertiary/aromatic N) is 8. The van der Waals surface area contributed by atoms with Crippen LogP contribution in [0.15, 0.2) is 147 Å². The van der Waals surface area contributed by atoms with Crippen molar-refractivity contribution in [1.29, 1.82) is 5.41 Å². The van der Waals surface area contributed by atoms with Gasteiger partial charge in [-0.05, 0) is 166 Å². The molecule has 0 aliphatic rings. The number of nitrogen functional groups attached to an aromatic ring is 5. The largest absolute Gasteiger partial charge is 0.489 e. The molecule has 0 bridgehead atoms. The minimum Gasteiger partial charge on any atom is -0.489 e. The molecule has 0 spiro atoms. The first kappa shape index (κ1) is 82.7. The number of hydrazone groups is 2. The molecule has 6 aromatic rings. The third-order valence-electron chi connectivity index (χ3n) is 9.65. The van der Waals surface area contributed by atoms with Crippen LogP contribution in [0.4, 0.5) is 29.0 Å². The molecule has 0 saturated heterocycles. The van der Waals surface area contributed by atoms with Crippen LogP contribution in [0.25, 0.3) is 0 Å². The molecule has 20 nitrogen and oxygen atoms in total. The second kappa shape index (κ2) is 51.7. The molecule has 0 unspecified atom stereocenters. The second-order valence-corrected chi connectivity index (χ2v) is 26.8. The van der Waals surface area contributed by atoms with Crippen LogP contribution in [0.2, 0.25) is 0 Å². The van der Waals surface area contributed by atoms with E-state index in [9.17, 15) is 0 Å². The Morgan fingerprint density at radius 2 is 1.03 bits per heavy atom. The van der Waals surface area contributed by atoms with E-state index < -0.39 is 0 Å². The van der Waals surface area contributed by atoms with Gasteiger partial charge in [0.2, 0.25) is 11.9 Å². The standard InChI is InChI=1S/C9H14N2O.C9H14N2S.C9H14N2.C9H13NS.C8H12N2S.C8H11NO.C7H16N4.C6H14N4/c2*1-7(2)12-6-8-3-4-11-9(10)5-8;1-7(2)5-8-3-4-11-9(10)6-8;1-7(2)11-9-5-3-4-8(10)6-9;1-6(2)11-7-3-4-10-8(9)5-7;1-7(2)10-8-4-3-5-9-6-8;1-6(2)4-5-10-11-7(8)9-3;1-5(2)3-4-9-10-6(7)8/h2*3-5,7H,6H2,1-2H3,(H2,10,11);3-4,6-7H,5H2,1-2H3,(H2,10,11);3-7H,10H2,1-2H3;3-6H,1-2H3,(H2,9,10);3-7H,1-2H3;5-6H,4H2,1-3H3,(H3,8,9,11);4-5H,3H2,1-2H3,(H4,7,8,10)/b;;;;;;10-5+;9-4+. The predicted octanol–water partition coefficient (Wildman–Crippen LogP) is 13.6. The maximum Gasteiger partial charge on any atom is 0.209 e. The zero-order valence-electron chi connectivity index (χ0n) is 55.5. The van der Waals surface area contributed by atoms with Crippen LogP contribution in [-0.4, -0.2) is 84.3 Å². The number of guanidine groups is 2. The van der Waals surface area contributed by atoms with Gasteiger partial charge in [-0.15, -0.1) is 23.5 Å². The molecular weight excluding hydrogens is 1160 g/mol. The van der Waals surface area contributed by atoms with E-state index in [1.165, 1.54) is 20.9 Å². The van der Waals surface area contributed by atoms with E-state index >= 15 is 0 Å². The van der Waals surface area contributed by atoms with Crippen LogP contribution in [0.3, 0.4) is 0 Å². The molecule has 1 aromatic carbocycles. The van der Waals surface area contributed by atoms with Crippen molar-refractivity contribution in [2.24, 2.45) is 44.4 Å². The van der Waals surface area contributed by atoms with Gasteiger partial charge >= 0.3 is 0 Å². The molecule has 488 valence electrons. The lowest BCUT2D eigenvalue weighted by Crippen LogP contribution is -2.26. The minimum atomic E-state index is -0.125. The number of ether oxygens (including phenoxy) is 2. The number of nitrogens with two attached hydrogens (primary N) is 7. The second-order valence-electron chi connectivity index (χ2n) is 21.9. The average molecular weight is 1270 g/mol. The Hall–Kier alpha value is -7.34. The van der Waals surface area contributed by atoms with Crippen molar-refractivity contribution in [3.8, 4) is 5.75 Å². The highest BCUT2D eigenvalue weighted by molar-refractivity contribution is 8.00. The van der Waals surface area contributed by atoms with Gasteiger partial charge in [0.05, 0.1) is 25.0 Å². The van der Waals surface area contributed by atoms with Crippen molar-refractivity contribution in [1.82, 2.24) is 35.8 Å². The zero-order chi connectivity index (χ0) is 66.8. The van der Waals surface area contributed by atoms with E-state index in [4.69, 9.17) is 55.0 Å². The first-order valence-electron chi connectivity index (χ1n) is 29.4. The summed E-state index contributed by atoms with van der Waals surface area (Å²) in [6.07, 6.45) is 17.3. The molecule has 23 heteroatoms. The fourth-order valence-electron chi connectivity index (χ4n) is 5.91. The van der Waals surface area contributed by atoms with Crippen molar-refractivity contribution in [2.45, 2.75) is 180 Å². The van der Waals surface area contributed by atoms with Gasteiger partial charge in [-0.2, -0.15) is 22.0 Å². The smallest absolute Gasteiger partial charge is 0.209 e. The normalized spacial score (nSPS) is 10.8. The van der Waals surface area contributed by atoms with E-state index in [-0.39, 0.29) is 18.2 Å². The number of thioether (sulfide) groups is 3. The third-order valence-corrected chi connectivity index (χ3v) is 12.8. The topological polar surface area (TPSA) is 350 Å². The molecule has 0 radical (unpaired) electrons. The van der Waals surface area contributed by atoms with E-state index in [0.29, 0.717) is 69.3 Å². The highest BCUT2D eigenvalue weighted by Crippen LogP contribution is 2.25. The van der Waals surface area contributed by atoms with Gasteiger partial charge in [-0.3, -0.25) is 15.4 Å². The number of pyridine rings is 5. The molecular formula is C65H108N18O2S3. The predicted molar refractivity (Wildman–Crippen MR) is 384 cm³/mol. The number of hydrogen-bond donors (Lipinski definition) is 10. The lowest BCUT2D eigenvalue weighted by molar-refractivity contribution is 0.0657. The lowest BCUT2D eigenvalue weighted by atomic mass is 10.0. The summed E-state index contributed by atoms with van der Waals surface area (Å²) in [5, 5.41) is 16.2. The van der Waals surface area contributed by atoms with Crippen molar-refractivity contribution in [2.75, 3.05) is 35.7 Å². The Labute approximate surface area is 541 Å². The monoisotopic (exact) mass is 1270 g/mol. The number of anilines is 5. The fraction of sp³-hybridized carbons (Fsp3) is 0.462. The zero-order valence-corrected chi connectivity index (χ0v) is 58.0. The fourth-order valence-corrected chi connectivity index (χ4v) is 8.40. The van der Waals surface area contributed by atoms with E-state index in [1.807, 2.05) is 130 Å². The van der Waals surface area contributed by atoms with Gasteiger partial charge in [0.25, 0.3) is 0 Å². The molecule has 0 atom stereocenters. The van der Waals surface area contributed by atoms with Crippen molar-refractivity contribution >= 4 is 88.6 Å². The molecule has 0 amide bonds. The lowest BCUT2D eigenvalue weighted by Gasteiger charge is -2.07.